The third-order valence-corrected chi connectivity index (χ3v) is 4.48. The van der Waals surface area contributed by atoms with Crippen LogP contribution in [0.1, 0.15) is 35.3 Å². The van der Waals surface area contributed by atoms with Crippen molar-refractivity contribution in [3.63, 3.8) is 0 Å². The highest BCUT2D eigenvalue weighted by molar-refractivity contribution is 9.10. The maximum Gasteiger partial charge on any atom is 0.127 e. The predicted molar refractivity (Wildman–Crippen MR) is 78.2 cm³/mol. The van der Waals surface area contributed by atoms with Gasteiger partial charge in [0.05, 0.1) is 6.10 Å². The van der Waals surface area contributed by atoms with E-state index in [1.165, 1.54) is 12.1 Å². The Labute approximate surface area is 125 Å². The molecule has 1 aliphatic heterocycles. The van der Waals surface area contributed by atoms with E-state index < -0.39 is 6.10 Å². The van der Waals surface area contributed by atoms with Crippen LogP contribution in [-0.2, 0) is 0 Å². The van der Waals surface area contributed by atoms with Crippen molar-refractivity contribution in [2.45, 2.75) is 25.6 Å². The summed E-state index contributed by atoms with van der Waals surface area (Å²) in [7, 11) is 0. The Kier molecular flexibility index (Phi) is 3.52. The number of hydrogen-bond acceptors (Lipinski definition) is 2. The molecule has 4 heteroatoms. The highest BCUT2D eigenvalue weighted by Crippen LogP contribution is 2.41. The molecule has 0 radical (unpaired) electrons. The Morgan fingerprint density at radius 2 is 2.05 bits per heavy atom. The van der Waals surface area contributed by atoms with Gasteiger partial charge in [0.25, 0.3) is 0 Å². The van der Waals surface area contributed by atoms with E-state index in [2.05, 4.69) is 15.9 Å². The largest absolute Gasteiger partial charge is 0.485 e. The van der Waals surface area contributed by atoms with Crippen LogP contribution < -0.4 is 4.74 Å². The third-order valence-electron chi connectivity index (χ3n) is 3.59. The lowest BCUT2D eigenvalue weighted by Crippen LogP contribution is -2.19. The summed E-state index contributed by atoms with van der Waals surface area (Å²) in [5.74, 6) is 0.194. The van der Waals surface area contributed by atoms with Crippen LogP contribution in [-0.4, -0.2) is 5.11 Å². The second-order valence-corrected chi connectivity index (χ2v) is 5.90. The van der Waals surface area contributed by atoms with Gasteiger partial charge in [0.1, 0.15) is 17.7 Å². The molecule has 1 N–H and O–H groups in total. The van der Waals surface area contributed by atoms with Crippen LogP contribution in [0.4, 0.5) is 4.39 Å². The monoisotopic (exact) mass is 336 g/mol. The van der Waals surface area contributed by atoms with Crippen LogP contribution in [0.25, 0.3) is 0 Å². The maximum atomic E-state index is 13.2. The fraction of sp³-hybridized carbons (Fsp3) is 0.250. The molecule has 0 bridgehead atoms. The van der Waals surface area contributed by atoms with E-state index in [4.69, 9.17) is 4.74 Å². The minimum absolute atomic E-state index is 0.213. The molecule has 3 rings (SSSR count). The molecule has 0 amide bonds. The molecular weight excluding hydrogens is 323 g/mol. The van der Waals surface area contributed by atoms with Gasteiger partial charge in [-0.25, -0.2) is 4.39 Å². The van der Waals surface area contributed by atoms with Gasteiger partial charge in [-0.2, -0.15) is 0 Å². The number of fused-ring (bicyclic) bond motifs is 1. The lowest BCUT2D eigenvalue weighted by Gasteiger charge is -2.30. The molecule has 104 valence electrons. The smallest absolute Gasteiger partial charge is 0.127 e. The average molecular weight is 337 g/mol. The van der Waals surface area contributed by atoms with Crippen LogP contribution >= 0.6 is 15.9 Å². The molecule has 0 aliphatic carbocycles. The van der Waals surface area contributed by atoms with Gasteiger partial charge in [-0.1, -0.05) is 28.1 Å². The highest BCUT2D eigenvalue weighted by atomic mass is 79.9. The summed E-state index contributed by atoms with van der Waals surface area (Å²) in [6.07, 6.45) is -0.490. The summed E-state index contributed by atoms with van der Waals surface area (Å²) in [4.78, 5) is 0. The molecule has 0 fully saturated rings. The number of aryl methyl sites for hydroxylation is 1. The second-order valence-electron chi connectivity index (χ2n) is 5.05. The number of rotatable bonds is 1. The summed E-state index contributed by atoms with van der Waals surface area (Å²) in [5, 5.41) is 10.2. The Morgan fingerprint density at radius 3 is 2.80 bits per heavy atom. The Morgan fingerprint density at radius 1 is 1.25 bits per heavy atom. The molecule has 2 aromatic carbocycles. The topological polar surface area (TPSA) is 29.5 Å². The fourth-order valence-corrected chi connectivity index (χ4v) is 2.74. The molecule has 0 spiro atoms. The van der Waals surface area contributed by atoms with Crippen LogP contribution in [0.5, 0.6) is 5.75 Å². The molecule has 0 aromatic heterocycles. The summed E-state index contributed by atoms with van der Waals surface area (Å²) < 4.78 is 20.2. The van der Waals surface area contributed by atoms with E-state index in [1.807, 2.05) is 25.1 Å². The number of aliphatic hydroxyl groups excluding tert-OH is 1. The standard InChI is InChI=1S/C16H14BrFO2/c1-9-6-10(2-4-13(9)17)16-8-14(19)12-7-11(18)3-5-15(12)20-16/h2-7,14,16,19H,8H2,1H3. The highest BCUT2D eigenvalue weighted by Gasteiger charge is 2.28. The van der Waals surface area contributed by atoms with Gasteiger partial charge in [0.2, 0.25) is 0 Å². The molecule has 20 heavy (non-hydrogen) atoms. The van der Waals surface area contributed by atoms with Crippen LogP contribution in [0.15, 0.2) is 40.9 Å². The van der Waals surface area contributed by atoms with Crippen molar-refractivity contribution in [1.82, 2.24) is 0 Å². The average Bonchev–Trinajstić information content (AvgIpc) is 2.42. The first kappa shape index (κ1) is 13.6. The van der Waals surface area contributed by atoms with E-state index in [0.717, 1.165) is 15.6 Å². The minimum Gasteiger partial charge on any atom is -0.485 e. The van der Waals surface area contributed by atoms with Gasteiger partial charge in [-0.05, 0) is 42.3 Å². The van der Waals surface area contributed by atoms with E-state index in [1.54, 1.807) is 6.07 Å². The Balaban J connectivity index is 1.94. The van der Waals surface area contributed by atoms with Gasteiger partial charge in [-0.3, -0.25) is 0 Å². The number of halogens is 2. The maximum absolute atomic E-state index is 13.2. The molecule has 2 atom stereocenters. The third kappa shape index (κ3) is 2.45. The molecule has 2 aromatic rings. The van der Waals surface area contributed by atoms with Crippen molar-refractivity contribution in [3.05, 3.63) is 63.4 Å². The van der Waals surface area contributed by atoms with E-state index in [9.17, 15) is 9.50 Å². The van der Waals surface area contributed by atoms with Crippen LogP contribution in [0, 0.1) is 12.7 Å². The Bertz CT molecular complexity index is 657. The van der Waals surface area contributed by atoms with Gasteiger partial charge in [-0.15, -0.1) is 0 Å². The first-order valence-electron chi connectivity index (χ1n) is 6.45. The van der Waals surface area contributed by atoms with E-state index in [0.29, 0.717) is 17.7 Å². The fourth-order valence-electron chi connectivity index (χ4n) is 2.49. The number of hydrogen-bond donors (Lipinski definition) is 1. The summed E-state index contributed by atoms with van der Waals surface area (Å²) in [6, 6.07) is 10.2. The summed E-state index contributed by atoms with van der Waals surface area (Å²) >= 11 is 3.47. The van der Waals surface area contributed by atoms with Crippen molar-refractivity contribution in [2.75, 3.05) is 0 Å². The summed E-state index contributed by atoms with van der Waals surface area (Å²) in [5.41, 5.74) is 2.65. The molecule has 0 saturated heterocycles. The van der Waals surface area contributed by atoms with Gasteiger partial charge in [0, 0.05) is 16.5 Å². The zero-order valence-corrected chi connectivity index (χ0v) is 12.5. The SMILES string of the molecule is Cc1cc(C2CC(O)c3cc(F)ccc3O2)ccc1Br. The summed E-state index contributed by atoms with van der Waals surface area (Å²) in [6.45, 7) is 2.01. The first-order chi connectivity index (χ1) is 9.54. The van der Waals surface area contributed by atoms with E-state index in [-0.39, 0.29) is 11.9 Å². The van der Waals surface area contributed by atoms with Crippen molar-refractivity contribution in [1.29, 1.82) is 0 Å². The van der Waals surface area contributed by atoms with Crippen LogP contribution in [0.3, 0.4) is 0 Å². The Hall–Kier alpha value is -1.39. The molecule has 0 saturated carbocycles. The first-order valence-corrected chi connectivity index (χ1v) is 7.24. The van der Waals surface area contributed by atoms with Crippen molar-refractivity contribution >= 4 is 15.9 Å². The zero-order valence-electron chi connectivity index (χ0n) is 10.9. The second kappa shape index (κ2) is 5.19. The lowest BCUT2D eigenvalue weighted by molar-refractivity contribution is 0.0653. The van der Waals surface area contributed by atoms with Crippen molar-refractivity contribution in [2.24, 2.45) is 0 Å². The quantitative estimate of drug-likeness (QED) is 0.833. The molecule has 2 nitrogen and oxygen atoms in total. The number of benzene rings is 2. The molecule has 2 unspecified atom stereocenters. The van der Waals surface area contributed by atoms with Gasteiger partial charge >= 0.3 is 0 Å². The molecular formula is C16H14BrFO2. The van der Waals surface area contributed by atoms with E-state index >= 15 is 0 Å². The van der Waals surface area contributed by atoms with Crippen molar-refractivity contribution < 1.29 is 14.2 Å². The number of ether oxygens (including phenoxy) is 1. The lowest BCUT2D eigenvalue weighted by atomic mass is 9.94. The molecule has 1 heterocycles. The van der Waals surface area contributed by atoms with Gasteiger partial charge < -0.3 is 9.84 Å². The van der Waals surface area contributed by atoms with Crippen molar-refractivity contribution in [3.8, 4) is 5.75 Å². The molecule has 1 aliphatic rings. The van der Waals surface area contributed by atoms with Gasteiger partial charge in [0.15, 0.2) is 0 Å². The van der Waals surface area contributed by atoms with Crippen LogP contribution in [0.2, 0.25) is 0 Å². The number of aliphatic hydroxyl groups is 1. The predicted octanol–water partition coefficient (Wildman–Crippen LogP) is 4.45. The minimum atomic E-state index is -0.705. The normalized spacial score (nSPS) is 21.2. The zero-order chi connectivity index (χ0) is 14.3.